The highest BCUT2D eigenvalue weighted by Crippen LogP contribution is 2.23. The van der Waals surface area contributed by atoms with Gasteiger partial charge in [-0.05, 0) is 24.5 Å². The van der Waals surface area contributed by atoms with Crippen molar-refractivity contribution in [1.82, 2.24) is 5.32 Å². The first kappa shape index (κ1) is 17.3. The normalized spacial score (nSPS) is 15.0. The van der Waals surface area contributed by atoms with Crippen molar-refractivity contribution in [1.29, 1.82) is 0 Å². The van der Waals surface area contributed by atoms with Gasteiger partial charge in [-0.3, -0.25) is 4.79 Å². The fraction of sp³-hybridized carbons (Fsp3) is 0.438. The Kier molecular flexibility index (Phi) is 5.23. The molecule has 0 aliphatic heterocycles. The van der Waals surface area contributed by atoms with Crippen molar-refractivity contribution in [2.75, 3.05) is 6.54 Å². The van der Waals surface area contributed by atoms with E-state index in [9.17, 15) is 18.7 Å². The van der Waals surface area contributed by atoms with Crippen molar-refractivity contribution in [3.05, 3.63) is 47.5 Å². The SMILES string of the molecule is CC(C)(C)C=CC(=O)NCC(C)(O)c1ccc(F)cc1F. The van der Waals surface area contributed by atoms with Gasteiger partial charge in [0.1, 0.15) is 17.2 Å². The number of carbonyl (C=O) groups excluding carboxylic acids is 1. The summed E-state index contributed by atoms with van der Waals surface area (Å²) in [6.45, 7) is 7.02. The second kappa shape index (κ2) is 6.35. The second-order valence-corrected chi connectivity index (χ2v) is 6.32. The Hall–Kier alpha value is -1.75. The number of aliphatic hydroxyl groups is 1. The number of hydrogen-bond donors (Lipinski definition) is 2. The molecular weight excluding hydrogens is 276 g/mol. The molecule has 0 aliphatic carbocycles. The molecule has 0 spiro atoms. The average Bonchev–Trinajstić information content (AvgIpc) is 2.32. The topological polar surface area (TPSA) is 49.3 Å². The van der Waals surface area contributed by atoms with E-state index in [4.69, 9.17) is 0 Å². The first-order chi connectivity index (χ1) is 9.51. The molecule has 3 nitrogen and oxygen atoms in total. The van der Waals surface area contributed by atoms with E-state index in [1.54, 1.807) is 6.08 Å². The summed E-state index contributed by atoms with van der Waals surface area (Å²) in [5, 5.41) is 12.7. The van der Waals surface area contributed by atoms with Gasteiger partial charge in [-0.25, -0.2) is 8.78 Å². The lowest BCUT2D eigenvalue weighted by Crippen LogP contribution is -2.38. The Morgan fingerprint density at radius 3 is 2.43 bits per heavy atom. The van der Waals surface area contributed by atoms with Gasteiger partial charge in [0, 0.05) is 11.6 Å². The van der Waals surface area contributed by atoms with E-state index < -0.39 is 17.2 Å². The van der Waals surface area contributed by atoms with Crippen LogP contribution in [0.3, 0.4) is 0 Å². The molecular formula is C16H21F2NO2. The molecule has 0 heterocycles. The van der Waals surface area contributed by atoms with E-state index in [0.29, 0.717) is 6.07 Å². The predicted octanol–water partition coefficient (Wildman–Crippen LogP) is 2.89. The second-order valence-electron chi connectivity index (χ2n) is 6.32. The van der Waals surface area contributed by atoms with Crippen LogP contribution in [0.2, 0.25) is 0 Å². The summed E-state index contributed by atoms with van der Waals surface area (Å²) in [6.07, 6.45) is 3.10. The molecule has 21 heavy (non-hydrogen) atoms. The molecule has 0 saturated carbocycles. The van der Waals surface area contributed by atoms with Crippen molar-refractivity contribution in [2.45, 2.75) is 33.3 Å². The van der Waals surface area contributed by atoms with E-state index in [-0.39, 0.29) is 23.4 Å². The minimum Gasteiger partial charge on any atom is -0.383 e. The smallest absolute Gasteiger partial charge is 0.243 e. The van der Waals surface area contributed by atoms with E-state index in [2.05, 4.69) is 5.32 Å². The van der Waals surface area contributed by atoms with E-state index in [0.717, 1.165) is 6.07 Å². The molecule has 0 aromatic heterocycles. The highest BCUT2D eigenvalue weighted by molar-refractivity contribution is 5.87. The van der Waals surface area contributed by atoms with Crippen LogP contribution in [0.15, 0.2) is 30.4 Å². The van der Waals surface area contributed by atoms with E-state index in [1.807, 2.05) is 20.8 Å². The molecule has 1 amide bonds. The van der Waals surface area contributed by atoms with Crippen LogP contribution >= 0.6 is 0 Å². The van der Waals surface area contributed by atoms with Gasteiger partial charge in [0.05, 0.1) is 6.54 Å². The number of rotatable bonds is 4. The number of benzene rings is 1. The van der Waals surface area contributed by atoms with Gasteiger partial charge < -0.3 is 10.4 Å². The first-order valence-corrected chi connectivity index (χ1v) is 6.66. The fourth-order valence-electron chi connectivity index (χ4n) is 1.67. The zero-order valence-electron chi connectivity index (χ0n) is 12.7. The summed E-state index contributed by atoms with van der Waals surface area (Å²) < 4.78 is 26.5. The third kappa shape index (κ3) is 5.63. The summed E-state index contributed by atoms with van der Waals surface area (Å²) in [5.74, 6) is -1.95. The van der Waals surface area contributed by atoms with Crippen molar-refractivity contribution in [3.8, 4) is 0 Å². The third-order valence-electron chi connectivity index (χ3n) is 2.85. The Morgan fingerprint density at radius 2 is 1.90 bits per heavy atom. The Labute approximate surface area is 123 Å². The van der Waals surface area contributed by atoms with Gasteiger partial charge in [0.15, 0.2) is 0 Å². The van der Waals surface area contributed by atoms with Gasteiger partial charge in [-0.1, -0.05) is 32.9 Å². The molecule has 1 atom stereocenters. The summed E-state index contributed by atoms with van der Waals surface area (Å²) in [5.41, 5.74) is -1.82. The van der Waals surface area contributed by atoms with Gasteiger partial charge in [0.2, 0.25) is 5.91 Å². The molecule has 2 N–H and O–H groups in total. The molecule has 1 aromatic rings. The quantitative estimate of drug-likeness (QED) is 0.840. The van der Waals surface area contributed by atoms with Crippen molar-refractivity contribution in [3.63, 3.8) is 0 Å². The molecule has 1 rings (SSSR count). The van der Waals surface area contributed by atoms with Crippen molar-refractivity contribution in [2.24, 2.45) is 5.41 Å². The van der Waals surface area contributed by atoms with E-state index >= 15 is 0 Å². The summed E-state index contributed by atoms with van der Waals surface area (Å²) in [7, 11) is 0. The highest BCUT2D eigenvalue weighted by atomic mass is 19.1. The van der Waals surface area contributed by atoms with Crippen LogP contribution in [0.4, 0.5) is 8.78 Å². The maximum absolute atomic E-state index is 13.6. The molecule has 0 bridgehead atoms. The molecule has 0 aliphatic rings. The fourth-order valence-corrected chi connectivity index (χ4v) is 1.67. The number of hydrogen-bond acceptors (Lipinski definition) is 2. The van der Waals surface area contributed by atoms with Crippen LogP contribution in [0.25, 0.3) is 0 Å². The van der Waals surface area contributed by atoms with Gasteiger partial charge in [0.25, 0.3) is 0 Å². The molecule has 1 aromatic carbocycles. The van der Waals surface area contributed by atoms with Crippen molar-refractivity contribution < 1.29 is 18.7 Å². The van der Waals surface area contributed by atoms with Gasteiger partial charge >= 0.3 is 0 Å². The molecule has 0 radical (unpaired) electrons. The molecule has 0 fully saturated rings. The standard InChI is InChI=1S/C16H21F2NO2/c1-15(2,3)8-7-14(20)19-10-16(4,21)12-6-5-11(17)9-13(12)18/h5-9,21H,10H2,1-4H3,(H,19,20). The largest absolute Gasteiger partial charge is 0.383 e. The molecule has 116 valence electrons. The van der Waals surface area contributed by atoms with Crippen molar-refractivity contribution >= 4 is 5.91 Å². The lowest BCUT2D eigenvalue weighted by Gasteiger charge is -2.24. The Morgan fingerprint density at radius 1 is 1.29 bits per heavy atom. The predicted molar refractivity (Wildman–Crippen MR) is 77.5 cm³/mol. The monoisotopic (exact) mass is 297 g/mol. The minimum atomic E-state index is -1.62. The Bertz CT molecular complexity index is 546. The number of carbonyl (C=O) groups is 1. The van der Waals surface area contributed by atoms with Crippen LogP contribution < -0.4 is 5.32 Å². The summed E-state index contributed by atoms with van der Waals surface area (Å²) >= 11 is 0. The van der Waals surface area contributed by atoms with Crippen LogP contribution in [-0.4, -0.2) is 17.6 Å². The number of nitrogens with one attached hydrogen (secondary N) is 1. The molecule has 0 saturated heterocycles. The van der Waals surface area contributed by atoms with Crippen LogP contribution in [0.5, 0.6) is 0 Å². The number of amides is 1. The third-order valence-corrected chi connectivity index (χ3v) is 2.85. The van der Waals surface area contributed by atoms with Gasteiger partial charge in [-0.15, -0.1) is 0 Å². The minimum absolute atomic E-state index is 0.0657. The zero-order valence-corrected chi connectivity index (χ0v) is 12.7. The lowest BCUT2D eigenvalue weighted by molar-refractivity contribution is -0.117. The van der Waals surface area contributed by atoms with Crippen LogP contribution in [0, 0.1) is 17.0 Å². The first-order valence-electron chi connectivity index (χ1n) is 6.66. The van der Waals surface area contributed by atoms with Gasteiger partial charge in [-0.2, -0.15) is 0 Å². The lowest BCUT2D eigenvalue weighted by atomic mass is 9.95. The average molecular weight is 297 g/mol. The maximum atomic E-state index is 13.6. The van der Waals surface area contributed by atoms with Crippen LogP contribution in [-0.2, 0) is 10.4 Å². The van der Waals surface area contributed by atoms with E-state index in [1.165, 1.54) is 19.1 Å². The molecule has 1 unspecified atom stereocenters. The number of halogens is 2. The molecule has 5 heteroatoms. The highest BCUT2D eigenvalue weighted by Gasteiger charge is 2.27. The summed E-state index contributed by atoms with van der Waals surface area (Å²) in [4.78, 5) is 11.6. The zero-order chi connectivity index (χ0) is 16.3. The summed E-state index contributed by atoms with van der Waals surface area (Å²) in [6, 6.07) is 2.93. The van der Waals surface area contributed by atoms with Crippen LogP contribution in [0.1, 0.15) is 33.3 Å². The number of allylic oxidation sites excluding steroid dienone is 1. The Balaban J connectivity index is 2.73. The maximum Gasteiger partial charge on any atom is 0.243 e.